The van der Waals surface area contributed by atoms with Crippen molar-refractivity contribution in [3.8, 4) is 17.2 Å². The number of benzene rings is 1. The van der Waals surface area contributed by atoms with Crippen molar-refractivity contribution in [2.24, 2.45) is 0 Å². The van der Waals surface area contributed by atoms with Crippen LogP contribution in [0.2, 0.25) is 0 Å². The second-order valence-corrected chi connectivity index (χ2v) is 7.52. The molecule has 4 N–H and O–H groups in total. The third kappa shape index (κ3) is 8.21. The lowest BCUT2D eigenvalue weighted by Gasteiger charge is -2.23. The molecule has 11 heteroatoms. The Labute approximate surface area is 180 Å². The molecule has 0 bridgehead atoms. The molecule has 0 aromatic heterocycles. The summed E-state index contributed by atoms with van der Waals surface area (Å²) in [7, 11) is 4.36. The monoisotopic (exact) mass is 442 g/mol. The Kier molecular flexibility index (Phi) is 9.38. The Morgan fingerprint density at radius 1 is 1.03 bits per heavy atom. The van der Waals surface area contributed by atoms with Crippen LogP contribution in [0.3, 0.4) is 0 Å². The fraction of sp³-hybridized carbons (Fsp3) is 0.550. The highest BCUT2D eigenvalue weighted by Crippen LogP contribution is 2.33. The minimum absolute atomic E-state index is 0.0660. The summed E-state index contributed by atoms with van der Waals surface area (Å²) in [5.41, 5.74) is -0.340. The lowest BCUT2D eigenvalue weighted by molar-refractivity contribution is -0.141. The zero-order valence-electron chi connectivity index (χ0n) is 18.5. The lowest BCUT2D eigenvalue weighted by Crippen LogP contribution is -2.47. The molecule has 0 saturated heterocycles. The molecule has 2 atom stereocenters. The van der Waals surface area contributed by atoms with Gasteiger partial charge < -0.3 is 39.8 Å². The average Bonchev–Trinajstić information content (AvgIpc) is 2.68. The van der Waals surface area contributed by atoms with E-state index in [1.807, 2.05) is 0 Å². The number of hydrogen-bond acceptors (Lipinski definition) is 8. The largest absolute Gasteiger partial charge is 0.496 e. The summed E-state index contributed by atoms with van der Waals surface area (Å²) in [6, 6.07) is 1.68. The van der Waals surface area contributed by atoms with Crippen LogP contribution in [0.1, 0.15) is 32.8 Å². The van der Waals surface area contributed by atoms with E-state index in [1.54, 1.807) is 32.9 Å². The zero-order valence-corrected chi connectivity index (χ0v) is 18.5. The molecule has 31 heavy (non-hydrogen) atoms. The summed E-state index contributed by atoms with van der Waals surface area (Å²) in [6.45, 7) is 4.79. The average molecular weight is 442 g/mol. The molecule has 0 fully saturated rings. The van der Waals surface area contributed by atoms with Gasteiger partial charge in [-0.05, 0) is 20.8 Å². The number of ether oxygens (including phenoxy) is 4. The smallest absolute Gasteiger partial charge is 0.408 e. The normalized spacial score (nSPS) is 12.9. The van der Waals surface area contributed by atoms with Gasteiger partial charge in [-0.2, -0.15) is 0 Å². The van der Waals surface area contributed by atoms with Gasteiger partial charge in [0.25, 0.3) is 0 Å². The number of nitrogens with one attached hydrogen (secondary N) is 2. The molecule has 1 aromatic rings. The summed E-state index contributed by atoms with van der Waals surface area (Å²) < 4.78 is 20.7. The van der Waals surface area contributed by atoms with Crippen molar-refractivity contribution in [2.75, 3.05) is 21.3 Å². The van der Waals surface area contributed by atoms with Gasteiger partial charge in [-0.15, -0.1) is 0 Å². The third-order valence-electron chi connectivity index (χ3n) is 4.01. The molecule has 1 aromatic carbocycles. The molecule has 11 nitrogen and oxygen atoms in total. The molecule has 0 radical (unpaired) electrons. The Balaban J connectivity index is 2.81. The Bertz CT molecular complexity index is 764. The SMILES string of the molecule is COc1cc(OC)c(CNC(=O)C(O)CC(NC(=O)OC(C)(C)C)C(=O)O)c(OC)c1. The number of aliphatic hydroxyl groups is 1. The lowest BCUT2D eigenvalue weighted by atomic mass is 10.1. The van der Waals surface area contributed by atoms with Crippen LogP contribution in [-0.2, 0) is 20.9 Å². The van der Waals surface area contributed by atoms with Crippen LogP contribution in [0.4, 0.5) is 4.79 Å². The van der Waals surface area contributed by atoms with E-state index in [9.17, 15) is 24.6 Å². The Morgan fingerprint density at radius 2 is 1.58 bits per heavy atom. The highest BCUT2D eigenvalue weighted by atomic mass is 16.6. The van der Waals surface area contributed by atoms with Crippen molar-refractivity contribution in [1.29, 1.82) is 0 Å². The van der Waals surface area contributed by atoms with E-state index in [0.29, 0.717) is 22.8 Å². The molecule has 0 saturated carbocycles. The highest BCUT2D eigenvalue weighted by molar-refractivity contribution is 5.84. The van der Waals surface area contributed by atoms with Crippen molar-refractivity contribution >= 4 is 18.0 Å². The highest BCUT2D eigenvalue weighted by Gasteiger charge is 2.29. The first-order valence-electron chi connectivity index (χ1n) is 9.38. The van der Waals surface area contributed by atoms with Gasteiger partial charge in [-0.25, -0.2) is 9.59 Å². The van der Waals surface area contributed by atoms with Gasteiger partial charge in [0, 0.05) is 18.6 Å². The number of rotatable bonds is 10. The van der Waals surface area contributed by atoms with Crippen LogP contribution in [0.25, 0.3) is 0 Å². The summed E-state index contributed by atoms with van der Waals surface area (Å²) in [5.74, 6) is -0.989. The van der Waals surface area contributed by atoms with E-state index in [4.69, 9.17) is 18.9 Å². The second-order valence-electron chi connectivity index (χ2n) is 7.52. The topological polar surface area (TPSA) is 153 Å². The fourth-order valence-corrected chi connectivity index (χ4v) is 2.55. The van der Waals surface area contributed by atoms with Crippen molar-refractivity contribution < 1.29 is 43.5 Å². The summed E-state index contributed by atoms with van der Waals surface area (Å²) in [4.78, 5) is 35.5. The molecule has 0 aliphatic rings. The maximum atomic E-state index is 12.3. The minimum atomic E-state index is -1.70. The first kappa shape index (κ1) is 25.8. The molecule has 2 amide bonds. The number of aliphatic hydroxyl groups excluding tert-OH is 1. The molecule has 1 rings (SSSR count). The van der Waals surface area contributed by atoms with Crippen LogP contribution in [0, 0.1) is 0 Å². The molecule has 2 unspecified atom stereocenters. The second kappa shape index (κ2) is 11.3. The zero-order chi connectivity index (χ0) is 23.8. The number of carboxylic acid groups (broad SMARTS) is 1. The van der Waals surface area contributed by atoms with Gasteiger partial charge in [-0.1, -0.05) is 0 Å². The minimum Gasteiger partial charge on any atom is -0.496 e. The van der Waals surface area contributed by atoms with Crippen LogP contribution in [0.15, 0.2) is 12.1 Å². The maximum absolute atomic E-state index is 12.3. The number of aliphatic carboxylic acids is 1. The van der Waals surface area contributed by atoms with E-state index in [0.717, 1.165) is 0 Å². The van der Waals surface area contributed by atoms with Crippen molar-refractivity contribution in [3.05, 3.63) is 17.7 Å². The molecule has 0 heterocycles. The van der Waals surface area contributed by atoms with Gasteiger partial charge in [0.15, 0.2) is 0 Å². The molecular formula is C20H30N2O9. The number of hydrogen-bond donors (Lipinski definition) is 4. The Hall–Kier alpha value is -3.21. The van der Waals surface area contributed by atoms with E-state index in [2.05, 4.69) is 10.6 Å². The summed E-state index contributed by atoms with van der Waals surface area (Å²) >= 11 is 0. The number of amides is 2. The fourth-order valence-electron chi connectivity index (χ4n) is 2.55. The van der Waals surface area contributed by atoms with Crippen LogP contribution in [0.5, 0.6) is 17.2 Å². The third-order valence-corrected chi connectivity index (χ3v) is 4.01. The van der Waals surface area contributed by atoms with Crippen LogP contribution in [-0.4, -0.2) is 67.3 Å². The maximum Gasteiger partial charge on any atom is 0.408 e. The molecular weight excluding hydrogens is 412 g/mol. The number of carbonyl (C=O) groups excluding carboxylic acids is 2. The van der Waals surface area contributed by atoms with Crippen LogP contribution < -0.4 is 24.8 Å². The predicted molar refractivity (Wildman–Crippen MR) is 109 cm³/mol. The molecule has 0 aliphatic heterocycles. The number of alkyl carbamates (subject to hydrolysis) is 1. The van der Waals surface area contributed by atoms with Gasteiger partial charge in [0.1, 0.15) is 35.0 Å². The molecule has 0 aliphatic carbocycles. The summed E-state index contributed by atoms with van der Waals surface area (Å²) in [6.07, 6.45) is -3.23. The Morgan fingerprint density at radius 3 is 2.00 bits per heavy atom. The first-order valence-corrected chi connectivity index (χ1v) is 9.38. The van der Waals surface area contributed by atoms with Crippen LogP contribution >= 0.6 is 0 Å². The van der Waals surface area contributed by atoms with Gasteiger partial charge in [0.2, 0.25) is 5.91 Å². The number of carboxylic acids is 1. The van der Waals surface area contributed by atoms with Crippen molar-refractivity contribution in [1.82, 2.24) is 10.6 Å². The van der Waals surface area contributed by atoms with E-state index < -0.39 is 42.1 Å². The summed E-state index contributed by atoms with van der Waals surface area (Å²) in [5, 5.41) is 24.1. The molecule has 0 spiro atoms. The number of carbonyl (C=O) groups is 3. The number of methoxy groups -OCH3 is 3. The van der Waals surface area contributed by atoms with E-state index in [1.165, 1.54) is 21.3 Å². The quantitative estimate of drug-likeness (QED) is 0.416. The van der Waals surface area contributed by atoms with E-state index >= 15 is 0 Å². The molecule has 174 valence electrons. The predicted octanol–water partition coefficient (Wildman–Crippen LogP) is 1.06. The van der Waals surface area contributed by atoms with Gasteiger partial charge in [0.05, 0.1) is 33.4 Å². The van der Waals surface area contributed by atoms with Crippen molar-refractivity contribution in [3.63, 3.8) is 0 Å². The van der Waals surface area contributed by atoms with Gasteiger partial charge in [-0.3, -0.25) is 4.79 Å². The van der Waals surface area contributed by atoms with E-state index in [-0.39, 0.29) is 6.54 Å². The van der Waals surface area contributed by atoms with Crippen molar-refractivity contribution in [2.45, 2.75) is 51.5 Å². The first-order chi connectivity index (χ1) is 14.4. The standard InChI is InChI=1S/C20H30N2O9/c1-20(2,3)31-19(27)22-13(18(25)26)9-14(23)17(24)21-10-12-15(29-5)7-11(28-4)8-16(12)30-6/h7-8,13-14,23H,9-10H2,1-6H3,(H,21,24)(H,22,27)(H,25,26). The van der Waals surface area contributed by atoms with Gasteiger partial charge >= 0.3 is 12.1 Å².